The summed E-state index contributed by atoms with van der Waals surface area (Å²) in [7, 11) is 0. The second-order valence-corrected chi connectivity index (χ2v) is 3.47. The topological polar surface area (TPSA) is 74.6 Å². The molecule has 0 heterocycles. The third kappa shape index (κ3) is 1.34. The Morgan fingerprint density at radius 2 is 2.33 bits per heavy atom. The molecule has 1 rings (SSSR count). The van der Waals surface area contributed by atoms with Crippen LogP contribution in [0.1, 0.15) is 26.2 Å². The number of carboxylic acid groups (broad SMARTS) is 1. The predicted octanol–water partition coefficient (Wildman–Crippen LogP) is 0.191. The molecule has 0 aromatic carbocycles. The molecule has 1 fully saturated rings. The molecule has 0 bridgehead atoms. The first-order valence-corrected chi connectivity index (χ1v) is 3.90. The maximum atomic E-state index is 11.2. The minimum Gasteiger partial charge on any atom is -0.481 e. The van der Waals surface area contributed by atoms with Gasteiger partial charge in [0.25, 0.3) is 0 Å². The summed E-state index contributed by atoms with van der Waals surface area (Å²) >= 11 is 0. The van der Waals surface area contributed by atoms with Crippen molar-refractivity contribution in [1.29, 1.82) is 0 Å². The summed E-state index contributed by atoms with van der Waals surface area (Å²) in [6.07, 6.45) is -0.373. The Labute approximate surface area is 70.2 Å². The number of aliphatic carboxylic acids is 1. The Hall–Kier alpha value is -0.900. The van der Waals surface area contributed by atoms with E-state index in [4.69, 9.17) is 5.11 Å². The molecule has 1 aliphatic rings. The van der Waals surface area contributed by atoms with E-state index in [-0.39, 0.29) is 12.2 Å². The van der Waals surface area contributed by atoms with Crippen LogP contribution in [0.25, 0.3) is 0 Å². The number of rotatable bonds is 2. The maximum Gasteiger partial charge on any atom is 0.304 e. The van der Waals surface area contributed by atoms with Gasteiger partial charge in [-0.25, -0.2) is 0 Å². The van der Waals surface area contributed by atoms with Gasteiger partial charge in [0.2, 0.25) is 0 Å². The lowest BCUT2D eigenvalue weighted by Gasteiger charge is -2.23. The summed E-state index contributed by atoms with van der Waals surface area (Å²) in [4.78, 5) is 21.6. The summed E-state index contributed by atoms with van der Waals surface area (Å²) in [6.45, 7) is 1.52. The zero-order valence-electron chi connectivity index (χ0n) is 6.91. The molecule has 2 atom stereocenters. The average Bonchev–Trinajstić information content (AvgIpc) is 2.16. The van der Waals surface area contributed by atoms with E-state index in [0.717, 1.165) is 0 Å². The molecule has 4 nitrogen and oxygen atoms in total. The highest BCUT2D eigenvalue weighted by Crippen LogP contribution is 2.37. The van der Waals surface area contributed by atoms with Gasteiger partial charge in [-0.05, 0) is 13.3 Å². The monoisotopic (exact) mass is 172 g/mol. The van der Waals surface area contributed by atoms with E-state index in [0.29, 0.717) is 12.8 Å². The van der Waals surface area contributed by atoms with Gasteiger partial charge in [-0.15, -0.1) is 0 Å². The van der Waals surface area contributed by atoms with Crippen molar-refractivity contribution in [1.82, 2.24) is 0 Å². The second kappa shape index (κ2) is 2.86. The first-order valence-electron chi connectivity index (χ1n) is 3.90. The van der Waals surface area contributed by atoms with Crippen molar-refractivity contribution in [2.75, 3.05) is 0 Å². The summed E-state index contributed by atoms with van der Waals surface area (Å²) < 4.78 is 0. The summed E-state index contributed by atoms with van der Waals surface area (Å²) in [6, 6.07) is 0. The molecular weight excluding hydrogens is 160 g/mol. The van der Waals surface area contributed by atoms with Gasteiger partial charge in [-0.1, -0.05) is 0 Å². The van der Waals surface area contributed by atoms with Gasteiger partial charge < -0.3 is 10.2 Å². The van der Waals surface area contributed by atoms with E-state index in [1.807, 2.05) is 0 Å². The van der Waals surface area contributed by atoms with Crippen LogP contribution in [0.3, 0.4) is 0 Å². The van der Waals surface area contributed by atoms with Crippen LogP contribution in [-0.2, 0) is 9.59 Å². The Balaban J connectivity index is 2.79. The fourth-order valence-corrected chi connectivity index (χ4v) is 1.59. The molecule has 68 valence electrons. The molecule has 2 N–H and O–H groups in total. The first kappa shape index (κ1) is 9.19. The zero-order valence-corrected chi connectivity index (χ0v) is 6.91. The summed E-state index contributed by atoms with van der Waals surface area (Å²) in [5, 5.41) is 17.9. The molecule has 0 amide bonds. The summed E-state index contributed by atoms with van der Waals surface area (Å²) in [5.74, 6) is -1.18. The predicted molar refractivity (Wildman–Crippen MR) is 40.6 cm³/mol. The number of hydrogen-bond acceptors (Lipinski definition) is 3. The smallest absolute Gasteiger partial charge is 0.304 e. The molecule has 0 radical (unpaired) electrons. The van der Waals surface area contributed by atoms with E-state index < -0.39 is 17.5 Å². The molecule has 2 unspecified atom stereocenters. The highest BCUT2D eigenvalue weighted by atomic mass is 16.4. The van der Waals surface area contributed by atoms with Crippen LogP contribution < -0.4 is 0 Å². The molecule has 0 aromatic heterocycles. The maximum absolute atomic E-state index is 11.2. The highest BCUT2D eigenvalue weighted by molar-refractivity contribution is 5.90. The number of carbonyl (C=O) groups excluding carboxylic acids is 1. The van der Waals surface area contributed by atoms with Crippen molar-refractivity contribution >= 4 is 11.8 Å². The van der Waals surface area contributed by atoms with Crippen LogP contribution in [0.4, 0.5) is 0 Å². The number of aliphatic hydroxyl groups excluding tert-OH is 1. The number of carbonyl (C=O) groups is 2. The van der Waals surface area contributed by atoms with Crippen molar-refractivity contribution in [2.45, 2.75) is 32.3 Å². The van der Waals surface area contributed by atoms with Gasteiger partial charge in [0, 0.05) is 6.42 Å². The molecule has 0 aromatic rings. The zero-order chi connectivity index (χ0) is 9.35. The normalized spacial score (nSPS) is 35.5. The second-order valence-electron chi connectivity index (χ2n) is 3.47. The van der Waals surface area contributed by atoms with E-state index in [9.17, 15) is 14.7 Å². The molecule has 0 spiro atoms. The number of Topliss-reactive ketones (excluding diaryl/α,β-unsaturated/α-hetero) is 1. The fraction of sp³-hybridized carbons (Fsp3) is 0.750. The van der Waals surface area contributed by atoms with Gasteiger partial charge >= 0.3 is 5.97 Å². The lowest BCUT2D eigenvalue weighted by atomic mass is 9.82. The van der Waals surface area contributed by atoms with E-state index >= 15 is 0 Å². The quantitative estimate of drug-likeness (QED) is 0.623. The van der Waals surface area contributed by atoms with Gasteiger partial charge in [0.15, 0.2) is 0 Å². The number of ketones is 1. The van der Waals surface area contributed by atoms with Crippen molar-refractivity contribution in [2.24, 2.45) is 5.41 Å². The molecule has 0 aliphatic heterocycles. The Morgan fingerprint density at radius 3 is 2.67 bits per heavy atom. The average molecular weight is 172 g/mol. The van der Waals surface area contributed by atoms with Gasteiger partial charge in [-0.2, -0.15) is 0 Å². The molecule has 4 heteroatoms. The third-order valence-electron chi connectivity index (χ3n) is 2.54. The van der Waals surface area contributed by atoms with Crippen molar-refractivity contribution in [3.05, 3.63) is 0 Å². The van der Waals surface area contributed by atoms with Crippen LogP contribution >= 0.6 is 0 Å². The highest BCUT2D eigenvalue weighted by Gasteiger charge is 2.46. The lowest BCUT2D eigenvalue weighted by molar-refractivity contribution is -0.145. The molecular formula is C8H12O4. The number of aliphatic hydroxyl groups is 1. The Morgan fingerprint density at radius 1 is 1.75 bits per heavy atom. The third-order valence-corrected chi connectivity index (χ3v) is 2.54. The van der Waals surface area contributed by atoms with E-state index in [2.05, 4.69) is 0 Å². The standard InChI is InChI=1S/C8H12O4/c1-8(4-7(11)12)5(9)2-3-6(8)10/h5,9H,2-4H2,1H3,(H,11,12). The largest absolute Gasteiger partial charge is 0.481 e. The van der Waals surface area contributed by atoms with E-state index in [1.54, 1.807) is 0 Å². The van der Waals surface area contributed by atoms with Crippen molar-refractivity contribution in [3.8, 4) is 0 Å². The Kier molecular flexibility index (Phi) is 2.19. The van der Waals surface area contributed by atoms with Gasteiger partial charge in [-0.3, -0.25) is 9.59 Å². The number of carboxylic acids is 1. The number of hydrogen-bond donors (Lipinski definition) is 2. The van der Waals surface area contributed by atoms with Crippen LogP contribution in [0, 0.1) is 5.41 Å². The fourth-order valence-electron chi connectivity index (χ4n) is 1.59. The molecule has 1 saturated carbocycles. The minimum atomic E-state index is -1.05. The van der Waals surface area contributed by atoms with Crippen LogP contribution in [0.2, 0.25) is 0 Å². The van der Waals surface area contributed by atoms with Crippen molar-refractivity contribution < 1.29 is 19.8 Å². The molecule has 0 saturated heterocycles. The van der Waals surface area contributed by atoms with Crippen molar-refractivity contribution in [3.63, 3.8) is 0 Å². The lowest BCUT2D eigenvalue weighted by Crippen LogP contribution is -2.35. The molecule has 1 aliphatic carbocycles. The van der Waals surface area contributed by atoms with Crippen LogP contribution in [-0.4, -0.2) is 28.1 Å². The SMILES string of the molecule is CC1(CC(=O)O)C(=O)CCC1O. The van der Waals surface area contributed by atoms with E-state index in [1.165, 1.54) is 6.92 Å². The van der Waals surface area contributed by atoms with Gasteiger partial charge in [0.1, 0.15) is 5.78 Å². The minimum absolute atomic E-state index is 0.141. The summed E-state index contributed by atoms with van der Waals surface area (Å²) in [5.41, 5.74) is -1.05. The van der Waals surface area contributed by atoms with Crippen LogP contribution in [0.15, 0.2) is 0 Å². The Bertz CT molecular complexity index is 223. The van der Waals surface area contributed by atoms with Crippen LogP contribution in [0.5, 0.6) is 0 Å². The van der Waals surface area contributed by atoms with Gasteiger partial charge in [0.05, 0.1) is 17.9 Å². The molecule has 12 heavy (non-hydrogen) atoms. The first-order chi connectivity index (χ1) is 5.47.